The summed E-state index contributed by atoms with van der Waals surface area (Å²) in [6.45, 7) is 0. The Hall–Kier alpha value is -0.0900. The number of carboxylic acid groups (broad SMARTS) is 1. The highest BCUT2D eigenvalue weighted by Crippen LogP contribution is 2.35. The van der Waals surface area contributed by atoms with E-state index in [2.05, 4.69) is 0 Å². The van der Waals surface area contributed by atoms with Crippen molar-refractivity contribution in [1.29, 1.82) is 0 Å². The van der Waals surface area contributed by atoms with Crippen LogP contribution in [-0.2, 0) is 4.79 Å². The van der Waals surface area contributed by atoms with Crippen LogP contribution < -0.4 is 0 Å². The van der Waals surface area contributed by atoms with Gasteiger partial charge in [-0.05, 0) is 17.2 Å². The van der Waals surface area contributed by atoms with Gasteiger partial charge in [-0.1, -0.05) is 0 Å². The molecular formula is C6H8O2S2. The second-order valence-electron chi connectivity index (χ2n) is 1.91. The van der Waals surface area contributed by atoms with Crippen molar-refractivity contribution in [3.63, 3.8) is 0 Å². The Labute approximate surface area is 68.1 Å². The van der Waals surface area contributed by atoms with Crippen LogP contribution in [0.25, 0.3) is 0 Å². The quantitative estimate of drug-likeness (QED) is 0.714. The van der Waals surface area contributed by atoms with Crippen molar-refractivity contribution in [2.24, 2.45) is 0 Å². The molecule has 0 atom stereocenters. The first-order valence-corrected chi connectivity index (χ1v) is 4.85. The van der Waals surface area contributed by atoms with E-state index < -0.39 is 5.97 Å². The summed E-state index contributed by atoms with van der Waals surface area (Å²) in [7, 11) is 0. The topological polar surface area (TPSA) is 37.3 Å². The minimum atomic E-state index is -0.701. The van der Waals surface area contributed by atoms with Crippen molar-refractivity contribution in [2.75, 3.05) is 0 Å². The molecule has 56 valence electrons. The number of rotatable bonds is 3. The van der Waals surface area contributed by atoms with Gasteiger partial charge in [-0.25, -0.2) is 0 Å². The van der Waals surface area contributed by atoms with Gasteiger partial charge in [-0.2, -0.15) is 0 Å². The molecule has 0 saturated carbocycles. The van der Waals surface area contributed by atoms with Crippen LogP contribution >= 0.6 is 23.5 Å². The van der Waals surface area contributed by atoms with Gasteiger partial charge in [0.2, 0.25) is 0 Å². The molecule has 0 aromatic heterocycles. The Morgan fingerprint density at radius 2 is 2.10 bits per heavy atom. The van der Waals surface area contributed by atoms with E-state index in [4.69, 9.17) is 5.11 Å². The Morgan fingerprint density at radius 1 is 1.50 bits per heavy atom. The third kappa shape index (κ3) is 2.66. The van der Waals surface area contributed by atoms with Crippen molar-refractivity contribution in [3.05, 3.63) is 10.8 Å². The molecule has 0 saturated heterocycles. The lowest BCUT2D eigenvalue weighted by molar-refractivity contribution is -0.137. The number of carboxylic acids is 1. The third-order valence-electron chi connectivity index (χ3n) is 1.11. The van der Waals surface area contributed by atoms with Gasteiger partial charge in [0.25, 0.3) is 0 Å². The fraction of sp³-hybridized carbons (Fsp3) is 0.500. The molecule has 1 heterocycles. The number of aliphatic carboxylic acids is 1. The molecule has 0 radical (unpaired) electrons. The Balaban J connectivity index is 2.09. The summed E-state index contributed by atoms with van der Waals surface area (Å²) in [6, 6.07) is 0. The predicted octanol–water partition coefficient (Wildman–Crippen LogP) is 2.13. The molecule has 0 bridgehead atoms. The van der Waals surface area contributed by atoms with E-state index in [1.54, 1.807) is 23.5 Å². The number of hydrogen-bond acceptors (Lipinski definition) is 3. The fourth-order valence-electron chi connectivity index (χ4n) is 0.649. The lowest BCUT2D eigenvalue weighted by Crippen LogP contribution is -1.99. The lowest BCUT2D eigenvalue weighted by atomic mass is 10.3. The van der Waals surface area contributed by atoms with Gasteiger partial charge in [0.05, 0.1) is 4.58 Å². The number of hydrogen-bond donors (Lipinski definition) is 1. The molecule has 1 rings (SSSR count). The van der Waals surface area contributed by atoms with Crippen molar-refractivity contribution in [3.8, 4) is 0 Å². The predicted molar refractivity (Wildman–Crippen MR) is 45.0 cm³/mol. The Morgan fingerprint density at radius 3 is 2.60 bits per heavy atom. The first-order valence-electron chi connectivity index (χ1n) is 2.97. The van der Waals surface area contributed by atoms with E-state index in [0.29, 0.717) is 4.58 Å². The van der Waals surface area contributed by atoms with Gasteiger partial charge in [0.1, 0.15) is 0 Å². The van der Waals surface area contributed by atoms with Crippen LogP contribution in [0.15, 0.2) is 10.8 Å². The largest absolute Gasteiger partial charge is 0.481 e. The molecule has 0 spiro atoms. The van der Waals surface area contributed by atoms with E-state index >= 15 is 0 Å². The van der Waals surface area contributed by atoms with E-state index in [0.717, 1.165) is 6.42 Å². The molecule has 4 heteroatoms. The average Bonchev–Trinajstić information content (AvgIpc) is 2.34. The molecule has 0 amide bonds. The molecule has 0 fully saturated rings. The maximum atomic E-state index is 10.1. The van der Waals surface area contributed by atoms with Gasteiger partial charge in [0.15, 0.2) is 0 Å². The van der Waals surface area contributed by atoms with Crippen molar-refractivity contribution >= 4 is 29.5 Å². The van der Waals surface area contributed by atoms with Gasteiger partial charge < -0.3 is 5.11 Å². The Kier molecular flexibility index (Phi) is 3.15. The van der Waals surface area contributed by atoms with Gasteiger partial charge in [0, 0.05) is 6.42 Å². The maximum absolute atomic E-state index is 10.1. The molecule has 10 heavy (non-hydrogen) atoms. The van der Waals surface area contributed by atoms with Crippen LogP contribution in [0.3, 0.4) is 0 Å². The second kappa shape index (κ2) is 3.93. The Bertz CT molecular complexity index is 148. The van der Waals surface area contributed by atoms with Crippen molar-refractivity contribution in [2.45, 2.75) is 17.4 Å². The zero-order valence-electron chi connectivity index (χ0n) is 5.32. The molecule has 1 aliphatic rings. The summed E-state index contributed by atoms with van der Waals surface area (Å²) in [5.74, 6) is -0.701. The van der Waals surface area contributed by atoms with E-state index in [1.807, 2.05) is 10.8 Å². The summed E-state index contributed by atoms with van der Waals surface area (Å²) in [4.78, 5) is 10.1. The zero-order valence-corrected chi connectivity index (χ0v) is 6.95. The minimum absolute atomic E-state index is 0.284. The third-order valence-corrected chi connectivity index (χ3v) is 3.61. The normalized spacial score (nSPS) is 18.0. The van der Waals surface area contributed by atoms with Crippen LogP contribution in [0.2, 0.25) is 0 Å². The van der Waals surface area contributed by atoms with Crippen LogP contribution in [-0.4, -0.2) is 15.7 Å². The van der Waals surface area contributed by atoms with Crippen LogP contribution in [0.5, 0.6) is 0 Å². The molecule has 0 aromatic carbocycles. The second-order valence-corrected chi connectivity index (χ2v) is 4.43. The molecule has 1 aliphatic heterocycles. The first-order chi connectivity index (χ1) is 4.79. The molecule has 0 aromatic rings. The summed E-state index contributed by atoms with van der Waals surface area (Å²) >= 11 is 3.41. The number of thioether (sulfide) groups is 2. The van der Waals surface area contributed by atoms with E-state index in [1.165, 1.54) is 0 Å². The highest BCUT2D eigenvalue weighted by Gasteiger charge is 2.12. The lowest BCUT2D eigenvalue weighted by Gasteiger charge is -2.03. The molecule has 0 unspecified atom stereocenters. The molecule has 1 N–H and O–H groups in total. The highest BCUT2D eigenvalue weighted by atomic mass is 32.2. The van der Waals surface area contributed by atoms with Crippen LogP contribution in [0, 0.1) is 0 Å². The van der Waals surface area contributed by atoms with Gasteiger partial charge in [-0.3, -0.25) is 4.79 Å². The first kappa shape index (κ1) is 8.01. The smallest absolute Gasteiger partial charge is 0.303 e. The summed E-state index contributed by atoms with van der Waals surface area (Å²) < 4.78 is 0.441. The molecule has 2 nitrogen and oxygen atoms in total. The monoisotopic (exact) mass is 176 g/mol. The van der Waals surface area contributed by atoms with Crippen molar-refractivity contribution < 1.29 is 9.90 Å². The van der Waals surface area contributed by atoms with Crippen LogP contribution in [0.1, 0.15) is 12.8 Å². The van der Waals surface area contributed by atoms with Gasteiger partial charge >= 0.3 is 5.97 Å². The number of carbonyl (C=O) groups is 1. The van der Waals surface area contributed by atoms with E-state index in [-0.39, 0.29) is 6.42 Å². The van der Waals surface area contributed by atoms with E-state index in [9.17, 15) is 4.79 Å². The fourth-order valence-corrected chi connectivity index (χ4v) is 2.66. The summed E-state index contributed by atoms with van der Waals surface area (Å²) in [6.07, 6.45) is 1.05. The standard InChI is InChI=1S/C6H8O2S2/c7-5(8)1-2-6-9-3-4-10-6/h3-4,6H,1-2H2,(H,7,8). The summed E-state index contributed by atoms with van der Waals surface area (Å²) in [5, 5.41) is 12.4. The average molecular weight is 176 g/mol. The minimum Gasteiger partial charge on any atom is -0.481 e. The molecular weight excluding hydrogens is 168 g/mol. The maximum Gasteiger partial charge on any atom is 0.303 e. The zero-order chi connectivity index (χ0) is 7.40. The van der Waals surface area contributed by atoms with Gasteiger partial charge in [-0.15, -0.1) is 23.5 Å². The van der Waals surface area contributed by atoms with Crippen molar-refractivity contribution in [1.82, 2.24) is 0 Å². The highest BCUT2D eigenvalue weighted by molar-refractivity contribution is 8.22. The summed E-state index contributed by atoms with van der Waals surface area (Å²) in [5.41, 5.74) is 0. The molecule has 0 aliphatic carbocycles. The SMILES string of the molecule is O=C(O)CCC1SC=CS1. The van der Waals surface area contributed by atoms with Crippen LogP contribution in [0.4, 0.5) is 0 Å².